The second-order valence-corrected chi connectivity index (χ2v) is 5.14. The van der Waals surface area contributed by atoms with Crippen LogP contribution < -0.4 is 10.6 Å². The van der Waals surface area contributed by atoms with Gasteiger partial charge in [0.05, 0.1) is 0 Å². The van der Waals surface area contributed by atoms with Gasteiger partial charge in [-0.25, -0.2) is 4.39 Å². The van der Waals surface area contributed by atoms with E-state index in [9.17, 15) is 9.18 Å². The number of aryl methyl sites for hydroxylation is 1. The van der Waals surface area contributed by atoms with E-state index in [1.165, 1.54) is 25.0 Å². The zero-order valence-corrected chi connectivity index (χ0v) is 11.1. The number of amides is 1. The quantitative estimate of drug-likeness (QED) is 0.852. The van der Waals surface area contributed by atoms with E-state index in [1.807, 2.05) is 0 Å². The first-order chi connectivity index (χ1) is 9.24. The van der Waals surface area contributed by atoms with Crippen LogP contribution >= 0.6 is 0 Å². The third-order valence-corrected chi connectivity index (χ3v) is 3.54. The molecule has 1 saturated heterocycles. The van der Waals surface area contributed by atoms with Crippen molar-refractivity contribution in [3.05, 3.63) is 35.6 Å². The zero-order chi connectivity index (χ0) is 13.5. The Morgan fingerprint density at radius 3 is 2.84 bits per heavy atom. The first-order valence-corrected chi connectivity index (χ1v) is 6.96. The van der Waals surface area contributed by atoms with Crippen molar-refractivity contribution in [2.24, 2.45) is 5.92 Å². The number of carbonyl (C=O) groups is 1. The molecule has 1 aromatic carbocycles. The van der Waals surface area contributed by atoms with Crippen LogP contribution in [0.5, 0.6) is 0 Å². The van der Waals surface area contributed by atoms with Crippen molar-refractivity contribution in [3.63, 3.8) is 0 Å². The minimum Gasteiger partial charge on any atom is -0.356 e. The van der Waals surface area contributed by atoms with Crippen LogP contribution in [0.4, 0.5) is 4.39 Å². The molecule has 1 aliphatic heterocycles. The van der Waals surface area contributed by atoms with Crippen molar-refractivity contribution in [2.45, 2.75) is 25.7 Å². The third kappa shape index (κ3) is 4.99. The third-order valence-electron chi connectivity index (χ3n) is 3.54. The first-order valence-electron chi connectivity index (χ1n) is 6.96. The van der Waals surface area contributed by atoms with Crippen molar-refractivity contribution in [1.82, 2.24) is 10.6 Å². The standard InChI is InChI=1S/C15H21FN2O/c16-14-6-3-12(4-7-14)5-8-15(19)18-11-13-2-1-9-17-10-13/h3-4,6-7,13,17H,1-2,5,8-11H2,(H,18,19)/t13-/m0/s1. The SMILES string of the molecule is O=C(CCc1ccc(F)cc1)NC[C@H]1CCCNC1. The maximum absolute atomic E-state index is 12.7. The maximum atomic E-state index is 12.7. The molecule has 1 amide bonds. The number of nitrogens with one attached hydrogen (secondary N) is 2. The Labute approximate surface area is 113 Å². The molecule has 0 aromatic heterocycles. The number of hydrogen-bond acceptors (Lipinski definition) is 2. The molecule has 0 bridgehead atoms. The molecule has 0 radical (unpaired) electrons. The van der Waals surface area contributed by atoms with Crippen molar-refractivity contribution < 1.29 is 9.18 Å². The number of carbonyl (C=O) groups excluding carboxylic acids is 1. The summed E-state index contributed by atoms with van der Waals surface area (Å²) >= 11 is 0. The molecular weight excluding hydrogens is 243 g/mol. The van der Waals surface area contributed by atoms with E-state index in [1.54, 1.807) is 12.1 Å². The minimum absolute atomic E-state index is 0.0786. The highest BCUT2D eigenvalue weighted by atomic mass is 19.1. The lowest BCUT2D eigenvalue weighted by atomic mass is 10.00. The van der Waals surface area contributed by atoms with Gasteiger partial charge in [-0.05, 0) is 56.0 Å². The van der Waals surface area contributed by atoms with Gasteiger partial charge in [0.15, 0.2) is 0 Å². The predicted molar refractivity (Wildman–Crippen MR) is 73.3 cm³/mol. The van der Waals surface area contributed by atoms with E-state index in [2.05, 4.69) is 10.6 Å². The van der Waals surface area contributed by atoms with Gasteiger partial charge in [0.1, 0.15) is 5.82 Å². The summed E-state index contributed by atoms with van der Waals surface area (Å²) in [6, 6.07) is 6.32. The molecule has 19 heavy (non-hydrogen) atoms. The van der Waals surface area contributed by atoms with Crippen LogP contribution in [-0.2, 0) is 11.2 Å². The van der Waals surface area contributed by atoms with Gasteiger partial charge in [0.2, 0.25) is 5.91 Å². The summed E-state index contributed by atoms with van der Waals surface area (Å²) < 4.78 is 12.7. The molecule has 0 saturated carbocycles. The average Bonchev–Trinajstić information content (AvgIpc) is 2.45. The van der Waals surface area contributed by atoms with Crippen molar-refractivity contribution in [3.8, 4) is 0 Å². The summed E-state index contributed by atoms with van der Waals surface area (Å²) in [6.07, 6.45) is 3.50. The number of halogens is 1. The molecule has 0 aliphatic carbocycles. The Bertz CT molecular complexity index is 399. The topological polar surface area (TPSA) is 41.1 Å². The van der Waals surface area contributed by atoms with E-state index in [4.69, 9.17) is 0 Å². The number of rotatable bonds is 5. The van der Waals surface area contributed by atoms with Crippen LogP contribution in [0, 0.1) is 11.7 Å². The van der Waals surface area contributed by atoms with Gasteiger partial charge in [-0.1, -0.05) is 12.1 Å². The zero-order valence-electron chi connectivity index (χ0n) is 11.1. The molecule has 1 fully saturated rings. The van der Waals surface area contributed by atoms with Crippen molar-refractivity contribution in [1.29, 1.82) is 0 Å². The van der Waals surface area contributed by atoms with Crippen LogP contribution in [0.15, 0.2) is 24.3 Å². The lowest BCUT2D eigenvalue weighted by molar-refractivity contribution is -0.121. The van der Waals surface area contributed by atoms with Gasteiger partial charge >= 0.3 is 0 Å². The van der Waals surface area contributed by atoms with Gasteiger partial charge in [0, 0.05) is 13.0 Å². The molecule has 0 spiro atoms. The van der Waals surface area contributed by atoms with E-state index in [0.717, 1.165) is 25.2 Å². The summed E-state index contributed by atoms with van der Waals surface area (Å²) in [7, 11) is 0. The van der Waals surface area contributed by atoms with E-state index >= 15 is 0 Å². The highest BCUT2D eigenvalue weighted by molar-refractivity contribution is 5.76. The second kappa shape index (κ2) is 7.24. The van der Waals surface area contributed by atoms with Gasteiger partial charge in [-0.2, -0.15) is 0 Å². The Balaban J connectivity index is 1.65. The normalized spacial score (nSPS) is 19.1. The summed E-state index contributed by atoms with van der Waals surface area (Å²) in [5.74, 6) is 0.399. The molecular formula is C15H21FN2O. The molecule has 3 nitrogen and oxygen atoms in total. The Morgan fingerprint density at radius 1 is 1.37 bits per heavy atom. The number of hydrogen-bond donors (Lipinski definition) is 2. The largest absolute Gasteiger partial charge is 0.356 e. The lowest BCUT2D eigenvalue weighted by Gasteiger charge is -2.22. The highest BCUT2D eigenvalue weighted by Gasteiger charge is 2.13. The first kappa shape index (κ1) is 14.0. The monoisotopic (exact) mass is 264 g/mol. The molecule has 2 N–H and O–H groups in total. The van der Waals surface area contributed by atoms with Crippen molar-refractivity contribution in [2.75, 3.05) is 19.6 Å². The van der Waals surface area contributed by atoms with Crippen molar-refractivity contribution >= 4 is 5.91 Å². The molecule has 1 aliphatic rings. The van der Waals surface area contributed by atoms with Crippen LogP contribution in [0.2, 0.25) is 0 Å². The molecule has 2 rings (SSSR count). The summed E-state index contributed by atoms with van der Waals surface area (Å²) in [4.78, 5) is 11.7. The van der Waals surface area contributed by atoms with Crippen LogP contribution in [0.3, 0.4) is 0 Å². The number of benzene rings is 1. The molecule has 1 atom stereocenters. The summed E-state index contributed by atoms with van der Waals surface area (Å²) in [6.45, 7) is 2.85. The Hall–Kier alpha value is -1.42. The molecule has 1 heterocycles. The summed E-state index contributed by atoms with van der Waals surface area (Å²) in [5, 5.41) is 6.32. The lowest BCUT2D eigenvalue weighted by Crippen LogP contribution is -2.38. The van der Waals surface area contributed by atoms with Gasteiger partial charge in [-0.15, -0.1) is 0 Å². The van der Waals surface area contributed by atoms with E-state index < -0.39 is 0 Å². The van der Waals surface area contributed by atoms with Crippen LogP contribution in [0.1, 0.15) is 24.8 Å². The fourth-order valence-corrected chi connectivity index (χ4v) is 2.35. The van der Waals surface area contributed by atoms with Crippen LogP contribution in [-0.4, -0.2) is 25.5 Å². The second-order valence-electron chi connectivity index (χ2n) is 5.14. The molecule has 4 heteroatoms. The van der Waals surface area contributed by atoms with E-state index in [-0.39, 0.29) is 11.7 Å². The predicted octanol–water partition coefficient (Wildman–Crippen LogP) is 1.87. The fraction of sp³-hybridized carbons (Fsp3) is 0.533. The number of piperidine rings is 1. The maximum Gasteiger partial charge on any atom is 0.220 e. The van der Waals surface area contributed by atoms with Gasteiger partial charge in [0.25, 0.3) is 0 Å². The van der Waals surface area contributed by atoms with Gasteiger partial charge < -0.3 is 10.6 Å². The molecule has 104 valence electrons. The fourth-order valence-electron chi connectivity index (χ4n) is 2.35. The highest BCUT2D eigenvalue weighted by Crippen LogP contribution is 2.09. The van der Waals surface area contributed by atoms with Crippen LogP contribution in [0.25, 0.3) is 0 Å². The average molecular weight is 264 g/mol. The molecule has 0 unspecified atom stereocenters. The Kier molecular flexibility index (Phi) is 5.33. The smallest absolute Gasteiger partial charge is 0.220 e. The summed E-state index contributed by atoms with van der Waals surface area (Å²) in [5.41, 5.74) is 0.996. The Morgan fingerprint density at radius 2 is 2.16 bits per heavy atom. The minimum atomic E-state index is -0.238. The van der Waals surface area contributed by atoms with Gasteiger partial charge in [-0.3, -0.25) is 4.79 Å². The van der Waals surface area contributed by atoms with E-state index in [0.29, 0.717) is 18.8 Å². The molecule has 1 aromatic rings.